The molecule has 0 aliphatic heterocycles. The van der Waals surface area contributed by atoms with Gasteiger partial charge in [-0.25, -0.2) is 24.0 Å². The second-order valence-corrected chi connectivity index (χ2v) is 5.39. The first-order valence-electron chi connectivity index (χ1n) is 5.51. The van der Waals surface area contributed by atoms with Gasteiger partial charge in [-0.2, -0.15) is 0 Å². The minimum atomic E-state index is -3.51. The maximum absolute atomic E-state index is 11.9. The van der Waals surface area contributed by atoms with Gasteiger partial charge in [0, 0.05) is 32.5 Å². The standard InChI is InChI=1S/C10H18N4O3S/c1-17-7-3-2-5-13-18(15,16)9-4-6-12-10(8-9)14-11/h4,6,8,13H,2-3,5,7,11H2,1H3,(H,12,14). The summed E-state index contributed by atoms with van der Waals surface area (Å²) in [5.41, 5.74) is 2.30. The van der Waals surface area contributed by atoms with E-state index in [9.17, 15) is 8.42 Å². The second-order valence-electron chi connectivity index (χ2n) is 3.62. The normalized spacial score (nSPS) is 11.4. The van der Waals surface area contributed by atoms with Crippen molar-refractivity contribution in [2.45, 2.75) is 17.7 Å². The van der Waals surface area contributed by atoms with Crippen LogP contribution in [0.1, 0.15) is 12.8 Å². The summed E-state index contributed by atoms with van der Waals surface area (Å²) in [6.07, 6.45) is 2.92. The van der Waals surface area contributed by atoms with E-state index in [1.165, 1.54) is 18.3 Å². The number of unbranched alkanes of at least 4 members (excludes halogenated alkanes) is 1. The highest BCUT2D eigenvalue weighted by Crippen LogP contribution is 2.11. The van der Waals surface area contributed by atoms with Crippen molar-refractivity contribution in [1.82, 2.24) is 9.71 Å². The van der Waals surface area contributed by atoms with Gasteiger partial charge < -0.3 is 10.2 Å². The van der Waals surface area contributed by atoms with Gasteiger partial charge in [0.05, 0.1) is 4.90 Å². The number of methoxy groups -OCH3 is 1. The van der Waals surface area contributed by atoms with Gasteiger partial charge in [0.15, 0.2) is 0 Å². The summed E-state index contributed by atoms with van der Waals surface area (Å²) in [6.45, 7) is 0.998. The summed E-state index contributed by atoms with van der Waals surface area (Å²) >= 11 is 0. The number of nitrogen functional groups attached to an aromatic ring is 1. The molecule has 7 nitrogen and oxygen atoms in total. The Morgan fingerprint density at radius 1 is 1.44 bits per heavy atom. The van der Waals surface area contributed by atoms with Crippen LogP contribution >= 0.6 is 0 Å². The molecule has 0 fully saturated rings. The lowest BCUT2D eigenvalue weighted by atomic mass is 10.3. The van der Waals surface area contributed by atoms with E-state index in [-0.39, 0.29) is 4.90 Å². The lowest BCUT2D eigenvalue weighted by Gasteiger charge is -2.07. The number of hydrogen-bond acceptors (Lipinski definition) is 6. The number of hydrogen-bond donors (Lipinski definition) is 3. The SMILES string of the molecule is COCCCCNS(=O)(=O)c1ccnc(NN)c1. The van der Waals surface area contributed by atoms with Crippen LogP contribution in [0, 0.1) is 0 Å². The molecular formula is C10H18N4O3S. The van der Waals surface area contributed by atoms with Crippen LogP contribution in [-0.2, 0) is 14.8 Å². The summed E-state index contributed by atoms with van der Waals surface area (Å²) in [5.74, 6) is 5.48. The van der Waals surface area contributed by atoms with E-state index in [2.05, 4.69) is 15.1 Å². The van der Waals surface area contributed by atoms with Crippen LogP contribution in [0.3, 0.4) is 0 Å². The van der Waals surface area contributed by atoms with Crippen molar-refractivity contribution < 1.29 is 13.2 Å². The number of nitrogens with one attached hydrogen (secondary N) is 2. The number of pyridine rings is 1. The molecule has 0 radical (unpaired) electrons. The fourth-order valence-corrected chi connectivity index (χ4v) is 2.41. The van der Waals surface area contributed by atoms with Gasteiger partial charge in [-0.1, -0.05) is 0 Å². The fourth-order valence-electron chi connectivity index (χ4n) is 1.32. The molecule has 0 aliphatic carbocycles. The summed E-state index contributed by atoms with van der Waals surface area (Å²) in [4.78, 5) is 3.98. The largest absolute Gasteiger partial charge is 0.385 e. The molecule has 102 valence electrons. The Labute approximate surface area is 107 Å². The Balaban J connectivity index is 2.57. The average molecular weight is 274 g/mol. The van der Waals surface area contributed by atoms with Crippen molar-refractivity contribution in [2.24, 2.45) is 5.84 Å². The molecule has 0 aromatic carbocycles. The number of rotatable bonds is 8. The highest BCUT2D eigenvalue weighted by atomic mass is 32.2. The summed E-state index contributed by atoms with van der Waals surface area (Å²) in [7, 11) is -1.89. The van der Waals surface area contributed by atoms with Crippen LogP contribution < -0.4 is 16.0 Å². The molecule has 8 heteroatoms. The van der Waals surface area contributed by atoms with E-state index in [1.807, 2.05) is 0 Å². The van der Waals surface area contributed by atoms with E-state index in [0.717, 1.165) is 12.8 Å². The zero-order valence-electron chi connectivity index (χ0n) is 10.2. The molecule has 1 heterocycles. The van der Waals surface area contributed by atoms with Gasteiger partial charge >= 0.3 is 0 Å². The molecular weight excluding hydrogens is 256 g/mol. The summed E-state index contributed by atoms with van der Waals surface area (Å²) in [5, 5.41) is 0. The maximum Gasteiger partial charge on any atom is 0.240 e. The smallest absolute Gasteiger partial charge is 0.240 e. The Hall–Kier alpha value is -1.22. The Morgan fingerprint density at radius 3 is 2.89 bits per heavy atom. The number of nitrogens with zero attached hydrogens (tertiary/aromatic N) is 1. The lowest BCUT2D eigenvalue weighted by molar-refractivity contribution is 0.193. The van der Waals surface area contributed by atoms with Crippen molar-refractivity contribution >= 4 is 15.8 Å². The van der Waals surface area contributed by atoms with Crippen LogP contribution in [0.2, 0.25) is 0 Å². The predicted molar refractivity (Wildman–Crippen MR) is 68.3 cm³/mol. The molecule has 0 aliphatic rings. The van der Waals surface area contributed by atoms with Gasteiger partial charge in [0.1, 0.15) is 5.82 Å². The summed E-state index contributed by atoms with van der Waals surface area (Å²) < 4.78 is 31.2. The van der Waals surface area contributed by atoms with E-state index in [1.54, 1.807) is 7.11 Å². The van der Waals surface area contributed by atoms with Crippen molar-refractivity contribution in [3.8, 4) is 0 Å². The van der Waals surface area contributed by atoms with Gasteiger partial charge in [-0.3, -0.25) is 0 Å². The Kier molecular flexibility index (Phi) is 5.99. The zero-order chi connectivity index (χ0) is 13.4. The summed E-state index contributed by atoms with van der Waals surface area (Å²) in [6, 6.07) is 2.79. The minimum absolute atomic E-state index is 0.136. The average Bonchev–Trinajstić information content (AvgIpc) is 2.38. The van der Waals surface area contributed by atoms with Crippen LogP contribution in [0.4, 0.5) is 5.82 Å². The molecule has 0 saturated heterocycles. The lowest BCUT2D eigenvalue weighted by Crippen LogP contribution is -2.25. The van der Waals surface area contributed by atoms with Crippen molar-refractivity contribution in [3.63, 3.8) is 0 Å². The number of anilines is 1. The Bertz CT molecular complexity index is 464. The topological polar surface area (TPSA) is 106 Å². The number of hydrazine groups is 1. The molecule has 0 spiro atoms. The number of nitrogens with two attached hydrogens (primary N) is 1. The monoisotopic (exact) mass is 274 g/mol. The molecule has 1 aromatic heterocycles. The molecule has 0 bridgehead atoms. The molecule has 0 amide bonds. The molecule has 0 saturated carbocycles. The van der Waals surface area contributed by atoms with E-state index < -0.39 is 10.0 Å². The first-order chi connectivity index (χ1) is 8.60. The van der Waals surface area contributed by atoms with Crippen LogP contribution in [-0.4, -0.2) is 33.7 Å². The first-order valence-corrected chi connectivity index (χ1v) is 7.00. The fraction of sp³-hybridized carbons (Fsp3) is 0.500. The van der Waals surface area contributed by atoms with Gasteiger partial charge in [0.25, 0.3) is 0 Å². The zero-order valence-corrected chi connectivity index (χ0v) is 11.0. The first kappa shape index (κ1) is 14.8. The van der Waals surface area contributed by atoms with Crippen LogP contribution in [0.25, 0.3) is 0 Å². The Morgan fingerprint density at radius 2 is 2.22 bits per heavy atom. The number of sulfonamides is 1. The minimum Gasteiger partial charge on any atom is -0.385 e. The van der Waals surface area contributed by atoms with E-state index >= 15 is 0 Å². The van der Waals surface area contributed by atoms with Gasteiger partial charge in [-0.05, 0) is 18.9 Å². The third kappa shape index (κ3) is 4.57. The van der Waals surface area contributed by atoms with Gasteiger partial charge in [0.2, 0.25) is 10.0 Å². The van der Waals surface area contributed by atoms with Gasteiger partial charge in [-0.15, -0.1) is 0 Å². The van der Waals surface area contributed by atoms with Crippen molar-refractivity contribution in [3.05, 3.63) is 18.3 Å². The second kappa shape index (κ2) is 7.27. The number of aromatic nitrogens is 1. The third-order valence-electron chi connectivity index (χ3n) is 2.26. The number of ether oxygens (including phenoxy) is 1. The van der Waals surface area contributed by atoms with Crippen molar-refractivity contribution in [1.29, 1.82) is 0 Å². The molecule has 0 atom stereocenters. The molecule has 1 rings (SSSR count). The molecule has 1 aromatic rings. The molecule has 0 unspecified atom stereocenters. The van der Waals surface area contributed by atoms with Crippen molar-refractivity contribution in [2.75, 3.05) is 25.7 Å². The quantitative estimate of drug-likeness (QED) is 0.352. The highest BCUT2D eigenvalue weighted by Gasteiger charge is 2.13. The van der Waals surface area contributed by atoms with E-state index in [4.69, 9.17) is 10.6 Å². The van der Waals surface area contributed by atoms with E-state index in [0.29, 0.717) is 19.0 Å². The van der Waals surface area contributed by atoms with Crippen LogP contribution in [0.5, 0.6) is 0 Å². The maximum atomic E-state index is 11.9. The molecule has 4 N–H and O–H groups in total. The molecule has 18 heavy (non-hydrogen) atoms. The highest BCUT2D eigenvalue weighted by molar-refractivity contribution is 7.89. The predicted octanol–water partition coefficient (Wildman–Crippen LogP) is 0.0721. The van der Waals surface area contributed by atoms with Crippen LogP contribution in [0.15, 0.2) is 23.2 Å². The third-order valence-corrected chi connectivity index (χ3v) is 3.72.